The Morgan fingerprint density at radius 1 is 1.19 bits per heavy atom. The highest BCUT2D eigenvalue weighted by Gasteiger charge is 2.26. The zero-order chi connectivity index (χ0) is 11.7. The van der Waals surface area contributed by atoms with E-state index in [1.54, 1.807) is 0 Å². The Labute approximate surface area is 112 Å². The SMILES string of the molecule is CN1CCN(C)C(c2nc(Br)cc(Br)n2)C1. The molecule has 0 aromatic carbocycles. The standard InChI is InChI=1S/C10H14Br2N4/c1-15-3-4-16(2)7(6-15)10-13-8(11)5-9(12)14-10/h5,7H,3-4,6H2,1-2H3. The summed E-state index contributed by atoms with van der Waals surface area (Å²) in [6, 6.07) is 2.13. The van der Waals surface area contributed by atoms with E-state index in [4.69, 9.17) is 0 Å². The molecular formula is C10H14Br2N4. The normalized spacial score (nSPS) is 23.6. The van der Waals surface area contributed by atoms with Crippen LogP contribution in [0.5, 0.6) is 0 Å². The molecule has 1 aromatic heterocycles. The lowest BCUT2D eigenvalue weighted by atomic mass is 10.2. The lowest BCUT2D eigenvalue weighted by Crippen LogP contribution is -2.45. The molecule has 0 amide bonds. The summed E-state index contributed by atoms with van der Waals surface area (Å²) in [6.07, 6.45) is 0. The summed E-state index contributed by atoms with van der Waals surface area (Å²) < 4.78 is 1.65. The molecule has 0 N–H and O–H groups in total. The van der Waals surface area contributed by atoms with Crippen LogP contribution >= 0.6 is 31.9 Å². The molecule has 1 atom stereocenters. The topological polar surface area (TPSA) is 32.3 Å². The van der Waals surface area contributed by atoms with Gasteiger partial charge in [-0.15, -0.1) is 0 Å². The van der Waals surface area contributed by atoms with E-state index in [1.165, 1.54) is 0 Å². The largest absolute Gasteiger partial charge is 0.303 e. The molecule has 0 saturated carbocycles. The van der Waals surface area contributed by atoms with Crippen molar-refractivity contribution in [2.45, 2.75) is 6.04 Å². The monoisotopic (exact) mass is 348 g/mol. The van der Waals surface area contributed by atoms with E-state index in [0.29, 0.717) is 0 Å². The molecule has 0 spiro atoms. The number of nitrogens with zero attached hydrogens (tertiary/aromatic N) is 4. The second kappa shape index (κ2) is 5.08. The zero-order valence-electron chi connectivity index (χ0n) is 9.32. The highest BCUT2D eigenvalue weighted by Crippen LogP contribution is 2.23. The average Bonchev–Trinajstić information content (AvgIpc) is 2.20. The van der Waals surface area contributed by atoms with Gasteiger partial charge in [0.2, 0.25) is 0 Å². The van der Waals surface area contributed by atoms with Crippen LogP contribution in [0.15, 0.2) is 15.3 Å². The summed E-state index contributed by atoms with van der Waals surface area (Å²) in [5.41, 5.74) is 0. The molecule has 4 nitrogen and oxygen atoms in total. The lowest BCUT2D eigenvalue weighted by Gasteiger charge is -2.36. The smallest absolute Gasteiger partial charge is 0.149 e. The van der Waals surface area contributed by atoms with E-state index in [-0.39, 0.29) is 6.04 Å². The maximum absolute atomic E-state index is 4.45. The zero-order valence-corrected chi connectivity index (χ0v) is 12.5. The molecule has 0 aliphatic carbocycles. The molecule has 2 rings (SSSR count). The molecule has 16 heavy (non-hydrogen) atoms. The van der Waals surface area contributed by atoms with Crippen LogP contribution in [-0.2, 0) is 0 Å². The highest BCUT2D eigenvalue weighted by atomic mass is 79.9. The number of piperazine rings is 1. The second-order valence-corrected chi connectivity index (χ2v) is 5.76. The fraction of sp³-hybridized carbons (Fsp3) is 0.600. The predicted octanol–water partition coefficient (Wildman–Crippen LogP) is 1.92. The minimum Gasteiger partial charge on any atom is -0.303 e. The summed E-state index contributed by atoms with van der Waals surface area (Å²) in [6.45, 7) is 3.12. The third-order valence-corrected chi connectivity index (χ3v) is 3.64. The Kier molecular flexibility index (Phi) is 3.94. The van der Waals surface area contributed by atoms with Gasteiger partial charge in [-0.1, -0.05) is 0 Å². The Morgan fingerprint density at radius 2 is 1.81 bits per heavy atom. The summed E-state index contributed by atoms with van der Waals surface area (Å²) in [5.74, 6) is 0.871. The third-order valence-electron chi connectivity index (χ3n) is 2.83. The Hall–Kier alpha value is -0.0400. The van der Waals surface area contributed by atoms with E-state index >= 15 is 0 Å². The summed E-state index contributed by atoms with van der Waals surface area (Å²) >= 11 is 6.80. The molecule has 1 unspecified atom stereocenters. The van der Waals surface area contributed by atoms with Crippen molar-refractivity contribution in [3.8, 4) is 0 Å². The fourth-order valence-electron chi connectivity index (χ4n) is 1.84. The third kappa shape index (κ3) is 2.80. The first-order valence-electron chi connectivity index (χ1n) is 5.15. The predicted molar refractivity (Wildman–Crippen MR) is 70.3 cm³/mol. The van der Waals surface area contributed by atoms with Crippen molar-refractivity contribution in [3.05, 3.63) is 21.1 Å². The second-order valence-electron chi connectivity index (χ2n) is 4.13. The lowest BCUT2D eigenvalue weighted by molar-refractivity contribution is 0.109. The molecule has 2 heterocycles. The first-order valence-corrected chi connectivity index (χ1v) is 6.73. The van der Waals surface area contributed by atoms with Gasteiger partial charge in [0.25, 0.3) is 0 Å². The number of aromatic nitrogens is 2. The number of hydrogen-bond acceptors (Lipinski definition) is 4. The quantitative estimate of drug-likeness (QED) is 0.725. The molecule has 88 valence electrons. The molecule has 0 radical (unpaired) electrons. The van der Waals surface area contributed by atoms with Gasteiger partial charge in [0.05, 0.1) is 6.04 Å². The van der Waals surface area contributed by atoms with Crippen LogP contribution in [0.3, 0.4) is 0 Å². The van der Waals surface area contributed by atoms with E-state index in [9.17, 15) is 0 Å². The van der Waals surface area contributed by atoms with Gasteiger partial charge in [-0.25, -0.2) is 9.97 Å². The van der Waals surface area contributed by atoms with Crippen LogP contribution in [0.4, 0.5) is 0 Å². The fourth-order valence-corrected chi connectivity index (χ4v) is 2.95. The molecule has 1 fully saturated rings. The van der Waals surface area contributed by atoms with Gasteiger partial charge in [0.15, 0.2) is 0 Å². The molecular weight excluding hydrogens is 336 g/mol. The van der Waals surface area contributed by atoms with E-state index < -0.39 is 0 Å². The average molecular weight is 350 g/mol. The van der Waals surface area contributed by atoms with Crippen LogP contribution in [0.1, 0.15) is 11.9 Å². The van der Waals surface area contributed by atoms with E-state index in [1.807, 2.05) is 6.07 Å². The van der Waals surface area contributed by atoms with Crippen LogP contribution in [0.25, 0.3) is 0 Å². The molecule has 1 aliphatic rings. The molecule has 0 bridgehead atoms. The van der Waals surface area contributed by atoms with Crippen molar-refractivity contribution in [2.24, 2.45) is 0 Å². The van der Waals surface area contributed by atoms with Gasteiger partial charge in [-0.3, -0.25) is 4.90 Å². The number of likely N-dealkylation sites (N-methyl/N-ethyl adjacent to an activating group) is 2. The van der Waals surface area contributed by atoms with E-state index in [2.05, 4.69) is 65.7 Å². The van der Waals surface area contributed by atoms with Crippen LogP contribution in [0.2, 0.25) is 0 Å². The van der Waals surface area contributed by atoms with Gasteiger partial charge in [-0.2, -0.15) is 0 Å². The number of rotatable bonds is 1. The first kappa shape index (κ1) is 12.4. The van der Waals surface area contributed by atoms with Crippen LogP contribution in [-0.4, -0.2) is 53.5 Å². The van der Waals surface area contributed by atoms with Crippen molar-refractivity contribution in [3.63, 3.8) is 0 Å². The van der Waals surface area contributed by atoms with Crippen molar-refractivity contribution in [2.75, 3.05) is 33.7 Å². The number of halogens is 2. The van der Waals surface area contributed by atoms with Crippen molar-refractivity contribution in [1.29, 1.82) is 0 Å². The Morgan fingerprint density at radius 3 is 2.44 bits per heavy atom. The Balaban J connectivity index is 2.27. The van der Waals surface area contributed by atoms with Gasteiger partial charge >= 0.3 is 0 Å². The Bertz CT molecular complexity index is 365. The molecule has 1 aromatic rings. The van der Waals surface area contributed by atoms with E-state index in [0.717, 1.165) is 34.7 Å². The molecule has 1 saturated heterocycles. The van der Waals surface area contributed by atoms with Gasteiger partial charge in [0.1, 0.15) is 15.0 Å². The van der Waals surface area contributed by atoms with Crippen molar-refractivity contribution in [1.82, 2.24) is 19.8 Å². The minimum atomic E-state index is 0.271. The van der Waals surface area contributed by atoms with Crippen LogP contribution < -0.4 is 0 Å². The van der Waals surface area contributed by atoms with Gasteiger partial charge in [0, 0.05) is 25.7 Å². The minimum absolute atomic E-state index is 0.271. The highest BCUT2D eigenvalue weighted by molar-refractivity contribution is 9.11. The number of hydrogen-bond donors (Lipinski definition) is 0. The van der Waals surface area contributed by atoms with Crippen LogP contribution in [0, 0.1) is 0 Å². The first-order chi connectivity index (χ1) is 7.56. The van der Waals surface area contributed by atoms with Gasteiger partial charge in [-0.05, 0) is 46.0 Å². The van der Waals surface area contributed by atoms with Crippen molar-refractivity contribution < 1.29 is 0 Å². The molecule has 1 aliphatic heterocycles. The summed E-state index contributed by atoms with van der Waals surface area (Å²) in [7, 11) is 4.25. The molecule has 6 heteroatoms. The summed E-state index contributed by atoms with van der Waals surface area (Å²) in [5, 5.41) is 0. The maximum atomic E-state index is 4.45. The maximum Gasteiger partial charge on any atom is 0.149 e. The summed E-state index contributed by atoms with van der Waals surface area (Å²) in [4.78, 5) is 13.5. The van der Waals surface area contributed by atoms with Gasteiger partial charge < -0.3 is 4.90 Å². The van der Waals surface area contributed by atoms with Crippen molar-refractivity contribution >= 4 is 31.9 Å².